The van der Waals surface area contributed by atoms with Crippen LogP contribution < -0.4 is 9.47 Å². The van der Waals surface area contributed by atoms with Crippen LogP contribution in [0, 0.1) is 0 Å². The topological polar surface area (TPSA) is 48.4 Å². The van der Waals surface area contributed by atoms with Crippen molar-refractivity contribution in [3.8, 4) is 11.5 Å². The summed E-state index contributed by atoms with van der Waals surface area (Å²) in [6.07, 6.45) is 2.50. The van der Waals surface area contributed by atoms with Gasteiger partial charge < -0.3 is 9.47 Å². The first-order valence-corrected chi connectivity index (χ1v) is 6.30. The van der Waals surface area contributed by atoms with Crippen molar-refractivity contribution in [2.24, 2.45) is 0 Å². The van der Waals surface area contributed by atoms with Crippen LogP contribution in [0.2, 0.25) is 0 Å². The molecule has 0 fully saturated rings. The zero-order chi connectivity index (χ0) is 14.6. The largest absolute Gasteiger partial charge is 0.493 e. The molecule has 2 rings (SSSR count). The van der Waals surface area contributed by atoms with Crippen molar-refractivity contribution in [1.82, 2.24) is 4.98 Å². The average Bonchev–Trinajstić information content (AvgIpc) is 2.48. The van der Waals surface area contributed by atoms with E-state index in [0.29, 0.717) is 17.1 Å². The summed E-state index contributed by atoms with van der Waals surface area (Å²) in [7, 11) is 1.55. The fourth-order valence-corrected chi connectivity index (χ4v) is 1.89. The van der Waals surface area contributed by atoms with E-state index >= 15 is 0 Å². The number of hydrogen-bond acceptors (Lipinski definition) is 4. The van der Waals surface area contributed by atoms with Gasteiger partial charge in [-0.2, -0.15) is 0 Å². The number of rotatable bonds is 5. The molecule has 4 heteroatoms. The number of carbonyl (C=O) groups excluding carboxylic acids is 1. The van der Waals surface area contributed by atoms with E-state index < -0.39 is 5.60 Å². The number of pyridine rings is 1. The zero-order valence-electron chi connectivity index (χ0n) is 11.8. The number of aromatic nitrogens is 1. The Morgan fingerprint density at radius 3 is 2.55 bits per heavy atom. The second-order valence-corrected chi connectivity index (χ2v) is 4.86. The van der Waals surface area contributed by atoms with Crippen LogP contribution in [0.25, 0.3) is 0 Å². The molecule has 0 N–H and O–H groups in total. The van der Waals surface area contributed by atoms with E-state index in [0.717, 1.165) is 12.0 Å². The molecule has 1 heterocycles. The third kappa shape index (κ3) is 2.96. The highest BCUT2D eigenvalue weighted by molar-refractivity contribution is 5.76. The van der Waals surface area contributed by atoms with Crippen LogP contribution in [0.15, 0.2) is 42.6 Å². The van der Waals surface area contributed by atoms with Crippen molar-refractivity contribution in [3.05, 3.63) is 53.9 Å². The van der Waals surface area contributed by atoms with Crippen LogP contribution >= 0.6 is 0 Å². The lowest BCUT2D eigenvalue weighted by Crippen LogP contribution is -2.26. The highest BCUT2D eigenvalue weighted by Gasteiger charge is 2.25. The fourth-order valence-electron chi connectivity index (χ4n) is 1.89. The van der Waals surface area contributed by atoms with E-state index in [9.17, 15) is 4.79 Å². The first-order valence-electron chi connectivity index (χ1n) is 6.30. The molecule has 0 aliphatic heterocycles. The summed E-state index contributed by atoms with van der Waals surface area (Å²) >= 11 is 0. The average molecular weight is 271 g/mol. The quantitative estimate of drug-likeness (QED) is 0.783. The van der Waals surface area contributed by atoms with Crippen LogP contribution in [-0.2, 0) is 5.60 Å². The maximum Gasteiger partial charge on any atom is 0.162 e. The Kier molecular flexibility index (Phi) is 4.03. The minimum Gasteiger partial charge on any atom is -0.493 e. The van der Waals surface area contributed by atoms with E-state index in [1.165, 1.54) is 0 Å². The Morgan fingerprint density at radius 1 is 1.15 bits per heavy atom. The van der Waals surface area contributed by atoms with Gasteiger partial charge in [0.25, 0.3) is 0 Å². The van der Waals surface area contributed by atoms with E-state index in [2.05, 4.69) is 4.98 Å². The lowest BCUT2D eigenvalue weighted by molar-refractivity contribution is 0.0991. The first kappa shape index (κ1) is 14.1. The molecular weight excluding hydrogens is 254 g/mol. The van der Waals surface area contributed by atoms with Crippen molar-refractivity contribution in [2.45, 2.75) is 19.4 Å². The molecule has 0 amide bonds. The van der Waals surface area contributed by atoms with Gasteiger partial charge in [0.05, 0.1) is 12.8 Å². The van der Waals surface area contributed by atoms with Gasteiger partial charge in [0.1, 0.15) is 11.9 Å². The van der Waals surface area contributed by atoms with Crippen molar-refractivity contribution in [1.29, 1.82) is 0 Å². The Hall–Kier alpha value is -2.36. The van der Waals surface area contributed by atoms with Gasteiger partial charge in [0.15, 0.2) is 11.5 Å². The lowest BCUT2D eigenvalue weighted by atomic mass is 10.0. The summed E-state index contributed by atoms with van der Waals surface area (Å²) in [5, 5.41) is 0. The van der Waals surface area contributed by atoms with Crippen LogP contribution in [-0.4, -0.2) is 18.4 Å². The second kappa shape index (κ2) is 5.74. The number of ether oxygens (including phenoxy) is 2. The van der Waals surface area contributed by atoms with Crippen LogP contribution in [0.3, 0.4) is 0 Å². The summed E-state index contributed by atoms with van der Waals surface area (Å²) in [4.78, 5) is 15.1. The lowest BCUT2D eigenvalue weighted by Gasteiger charge is -2.26. The molecule has 0 saturated heterocycles. The zero-order valence-corrected chi connectivity index (χ0v) is 11.8. The number of nitrogens with zero attached hydrogens (tertiary/aromatic N) is 1. The van der Waals surface area contributed by atoms with Crippen molar-refractivity contribution in [3.63, 3.8) is 0 Å². The third-order valence-electron chi connectivity index (χ3n) is 2.97. The predicted molar refractivity (Wildman–Crippen MR) is 76.3 cm³/mol. The van der Waals surface area contributed by atoms with Gasteiger partial charge in [-0.1, -0.05) is 6.07 Å². The Bertz CT molecular complexity index is 594. The molecule has 0 unspecified atom stereocenters. The monoisotopic (exact) mass is 271 g/mol. The maximum atomic E-state index is 10.8. The van der Waals surface area contributed by atoms with Crippen LogP contribution in [0.5, 0.6) is 11.5 Å². The predicted octanol–water partition coefficient (Wildman–Crippen LogP) is 3.22. The number of hydrogen-bond donors (Lipinski definition) is 0. The number of benzene rings is 1. The minimum absolute atomic E-state index is 0.526. The molecule has 0 bridgehead atoms. The third-order valence-corrected chi connectivity index (χ3v) is 2.97. The summed E-state index contributed by atoms with van der Waals surface area (Å²) in [6.45, 7) is 3.87. The van der Waals surface area contributed by atoms with Gasteiger partial charge >= 0.3 is 0 Å². The molecule has 0 radical (unpaired) electrons. The molecule has 0 atom stereocenters. The van der Waals surface area contributed by atoms with Crippen LogP contribution in [0.1, 0.15) is 29.9 Å². The van der Waals surface area contributed by atoms with Crippen molar-refractivity contribution in [2.75, 3.05) is 7.11 Å². The SMILES string of the molecule is COc1cc(C=O)ccc1OC(C)(C)c1ccccn1. The molecule has 20 heavy (non-hydrogen) atoms. The van der Waals surface area contributed by atoms with E-state index in [4.69, 9.17) is 9.47 Å². The Labute approximate surface area is 118 Å². The van der Waals surface area contributed by atoms with E-state index in [-0.39, 0.29) is 0 Å². The summed E-state index contributed by atoms with van der Waals surface area (Å²) in [5.41, 5.74) is 0.767. The fraction of sp³-hybridized carbons (Fsp3) is 0.250. The van der Waals surface area contributed by atoms with E-state index in [1.54, 1.807) is 31.5 Å². The molecule has 2 aromatic rings. The molecule has 0 aliphatic rings. The molecule has 0 saturated carbocycles. The van der Waals surface area contributed by atoms with Gasteiger partial charge in [0.2, 0.25) is 0 Å². The Morgan fingerprint density at radius 2 is 1.95 bits per heavy atom. The van der Waals surface area contributed by atoms with Crippen LogP contribution in [0.4, 0.5) is 0 Å². The van der Waals surface area contributed by atoms with Gasteiger partial charge in [0, 0.05) is 11.8 Å². The highest BCUT2D eigenvalue weighted by Crippen LogP contribution is 2.33. The standard InChI is InChI=1S/C16H17NO3/c1-16(2,15-6-4-5-9-17-15)20-13-8-7-12(11-18)10-14(13)19-3/h4-11H,1-3H3. The maximum absolute atomic E-state index is 10.8. The van der Waals surface area contributed by atoms with Gasteiger partial charge in [-0.25, -0.2) is 0 Å². The normalized spacial score (nSPS) is 10.9. The number of methoxy groups -OCH3 is 1. The number of carbonyl (C=O) groups is 1. The summed E-state index contributed by atoms with van der Waals surface area (Å²) in [5.74, 6) is 1.10. The molecule has 0 aliphatic carbocycles. The van der Waals surface area contributed by atoms with Gasteiger partial charge in [-0.05, 0) is 44.2 Å². The van der Waals surface area contributed by atoms with Crippen molar-refractivity contribution >= 4 is 6.29 Å². The minimum atomic E-state index is -0.600. The Balaban J connectivity index is 2.31. The van der Waals surface area contributed by atoms with E-state index in [1.807, 2.05) is 32.0 Å². The first-order chi connectivity index (χ1) is 9.56. The number of aldehydes is 1. The molecule has 4 nitrogen and oxygen atoms in total. The molecule has 1 aromatic heterocycles. The van der Waals surface area contributed by atoms with Gasteiger partial charge in [-0.15, -0.1) is 0 Å². The highest BCUT2D eigenvalue weighted by atomic mass is 16.5. The molecular formula is C16H17NO3. The summed E-state index contributed by atoms with van der Waals surface area (Å²) < 4.78 is 11.3. The molecule has 104 valence electrons. The second-order valence-electron chi connectivity index (χ2n) is 4.86. The summed E-state index contributed by atoms with van der Waals surface area (Å²) in [6, 6.07) is 10.8. The molecule has 0 spiro atoms. The van der Waals surface area contributed by atoms with Gasteiger partial charge in [-0.3, -0.25) is 9.78 Å². The smallest absolute Gasteiger partial charge is 0.162 e. The van der Waals surface area contributed by atoms with Crippen molar-refractivity contribution < 1.29 is 14.3 Å². The molecule has 1 aromatic carbocycles.